The Morgan fingerprint density at radius 2 is 1.47 bits per heavy atom. The lowest BCUT2D eigenvalue weighted by atomic mass is 10.1. The number of hydrogen-bond acceptors (Lipinski definition) is 17. The number of aromatic hydroxyl groups is 1. The van der Waals surface area contributed by atoms with Gasteiger partial charge in [0.2, 0.25) is 0 Å². The number of anilines is 1. The second-order valence-electron chi connectivity index (χ2n) is 12.9. The highest BCUT2D eigenvalue weighted by atomic mass is 32.2. The molecule has 1 aliphatic heterocycles. The van der Waals surface area contributed by atoms with Gasteiger partial charge < -0.3 is 28.8 Å². The molecule has 0 spiro atoms. The molecule has 1 atom stereocenters. The molecule has 1 fully saturated rings. The van der Waals surface area contributed by atoms with Crippen molar-refractivity contribution >= 4 is 84.7 Å². The highest BCUT2D eigenvalue weighted by molar-refractivity contribution is 7.91. The number of phenolic OH excluding ortho intramolecular Hbond substituents is 1. The molecule has 5 aromatic carbocycles. The molecule has 22 heteroatoms. The summed E-state index contributed by atoms with van der Waals surface area (Å²) in [5, 5.41) is 19.8. The number of phenols is 1. The van der Waals surface area contributed by atoms with Crippen molar-refractivity contribution in [3.8, 4) is 5.75 Å². The van der Waals surface area contributed by atoms with Crippen molar-refractivity contribution < 1.29 is 62.0 Å². The van der Waals surface area contributed by atoms with Crippen LogP contribution in [0.3, 0.4) is 0 Å². The number of nitrogens with one attached hydrogen (secondary N) is 1. The normalized spacial score (nSPS) is 15.3. The van der Waals surface area contributed by atoms with Gasteiger partial charge in [-0.3, -0.25) is 9.69 Å². The van der Waals surface area contributed by atoms with E-state index in [-0.39, 0.29) is 33.0 Å². The number of azo groups is 1. The van der Waals surface area contributed by atoms with Crippen molar-refractivity contribution in [2.45, 2.75) is 39.0 Å². The van der Waals surface area contributed by atoms with Crippen LogP contribution in [0.1, 0.15) is 23.7 Å². The molecule has 6 rings (SSSR count). The Kier molecular flexibility index (Phi) is 11.6. The fourth-order valence-corrected chi connectivity index (χ4v) is 9.79. The second-order valence-corrected chi connectivity index (χ2v) is 19.1. The monoisotopic (exact) mass is 859 g/mol. The van der Waals surface area contributed by atoms with Crippen LogP contribution in [0.15, 0.2) is 109 Å². The number of morpholine rings is 1. The van der Waals surface area contributed by atoms with Crippen LogP contribution >= 0.6 is 0 Å². The molecule has 18 nitrogen and oxygen atoms in total. The average molecular weight is 860 g/mol. The molecule has 1 amide bonds. The standard InChI is InChI=1S/C35H34N4O14S4/c1-21(39-12-14-53-15-13-39)11-16-54(42,43)25-8-9-27-23(17-25)7-10-28(34(27)57(50,51)52)37-38-32-30(56(47,48)49)19-24-18-26(55(44,45)46)20-29(31(24)33(32)40)36-35(41)22-5-3-2-4-6-22/h2-10,17-21,40H,11-16H2,1H3,(H,36,41)(H,44,45,46)(H,47,48,49)(H,50,51,52)/p-3. The number of amides is 1. The number of fused-ring (bicyclic) bond motifs is 2. The van der Waals surface area contributed by atoms with Crippen molar-refractivity contribution in [2.24, 2.45) is 10.2 Å². The lowest BCUT2D eigenvalue weighted by Gasteiger charge is -2.32. The molecule has 1 heterocycles. The zero-order valence-electron chi connectivity index (χ0n) is 29.6. The number of benzene rings is 5. The number of nitrogens with zero attached hydrogens (tertiary/aromatic N) is 3. The van der Waals surface area contributed by atoms with Crippen molar-refractivity contribution in [1.29, 1.82) is 0 Å². The van der Waals surface area contributed by atoms with Crippen molar-refractivity contribution in [2.75, 3.05) is 37.4 Å². The molecule has 5 aromatic rings. The number of rotatable bonds is 12. The lowest BCUT2D eigenvalue weighted by Crippen LogP contribution is -2.42. The molecule has 302 valence electrons. The van der Waals surface area contributed by atoms with Crippen molar-refractivity contribution in [3.63, 3.8) is 0 Å². The minimum absolute atomic E-state index is 0.00461. The van der Waals surface area contributed by atoms with Gasteiger partial charge in [-0.1, -0.05) is 30.3 Å². The Hall–Kier alpha value is -4.91. The SMILES string of the molecule is CC(CCS(=O)(=O)c1ccc2c(S(=O)(=O)[O-])c(N=Nc3c(S(=O)(=O)[O-])cc4cc(S(=O)(=O)[O-])cc(NC(=O)c5ccccc5)c4c3O)ccc2c1)N1CCOCC1. The summed E-state index contributed by atoms with van der Waals surface area (Å²) in [6.07, 6.45) is 0.294. The number of sulfone groups is 1. The summed E-state index contributed by atoms with van der Waals surface area (Å²) >= 11 is 0. The minimum Gasteiger partial charge on any atom is -0.744 e. The molecule has 57 heavy (non-hydrogen) atoms. The quantitative estimate of drug-likeness (QED) is 0.133. The topological polar surface area (TPSA) is 292 Å². The number of carbonyl (C=O) groups excluding carboxylic acids is 1. The fourth-order valence-electron chi connectivity index (χ4n) is 6.33. The molecular weight excluding hydrogens is 829 g/mol. The molecule has 0 radical (unpaired) electrons. The Balaban J connectivity index is 1.45. The van der Waals surface area contributed by atoms with Gasteiger partial charge in [0.05, 0.1) is 44.2 Å². The summed E-state index contributed by atoms with van der Waals surface area (Å²) in [5.74, 6) is -2.27. The Labute approximate surface area is 327 Å². The van der Waals surface area contributed by atoms with E-state index in [0.717, 1.165) is 18.2 Å². The highest BCUT2D eigenvalue weighted by Crippen LogP contribution is 2.46. The average Bonchev–Trinajstić information content (AvgIpc) is 3.15. The maximum Gasteiger partial charge on any atom is 0.255 e. The molecule has 0 saturated carbocycles. The van der Waals surface area contributed by atoms with E-state index in [0.29, 0.717) is 50.9 Å². The van der Waals surface area contributed by atoms with Crippen LogP contribution in [0.4, 0.5) is 17.1 Å². The van der Waals surface area contributed by atoms with E-state index in [2.05, 4.69) is 20.4 Å². The van der Waals surface area contributed by atoms with Crippen LogP contribution in [0.5, 0.6) is 5.75 Å². The van der Waals surface area contributed by atoms with Crippen LogP contribution in [0.25, 0.3) is 21.5 Å². The summed E-state index contributed by atoms with van der Waals surface area (Å²) in [4.78, 5) is 11.7. The molecule has 0 bridgehead atoms. The maximum absolute atomic E-state index is 13.3. The zero-order chi connectivity index (χ0) is 41.5. The Bertz CT molecular complexity index is 2900. The van der Waals surface area contributed by atoms with Gasteiger partial charge in [0, 0.05) is 35.5 Å². The molecule has 1 aliphatic rings. The smallest absolute Gasteiger partial charge is 0.255 e. The van der Waals surface area contributed by atoms with Crippen LogP contribution < -0.4 is 5.32 Å². The van der Waals surface area contributed by atoms with Gasteiger partial charge in [-0.05, 0) is 72.6 Å². The zero-order valence-corrected chi connectivity index (χ0v) is 32.8. The molecular formula is C35H31N4O14S4-3. The lowest BCUT2D eigenvalue weighted by molar-refractivity contribution is 0.0197. The predicted molar refractivity (Wildman–Crippen MR) is 201 cm³/mol. The van der Waals surface area contributed by atoms with E-state index in [1.807, 2.05) is 6.92 Å². The highest BCUT2D eigenvalue weighted by Gasteiger charge is 2.25. The van der Waals surface area contributed by atoms with Gasteiger partial charge >= 0.3 is 0 Å². The number of carbonyl (C=O) groups is 1. The minimum atomic E-state index is -5.61. The summed E-state index contributed by atoms with van der Waals surface area (Å²) in [5.41, 5.74) is -2.29. The second kappa shape index (κ2) is 15.8. The van der Waals surface area contributed by atoms with E-state index in [9.17, 15) is 57.2 Å². The van der Waals surface area contributed by atoms with Crippen LogP contribution in [-0.2, 0) is 44.9 Å². The molecule has 1 saturated heterocycles. The summed E-state index contributed by atoms with van der Waals surface area (Å²) in [6.45, 7) is 4.27. The van der Waals surface area contributed by atoms with E-state index < -0.39 is 94.4 Å². The summed E-state index contributed by atoms with van der Waals surface area (Å²) in [6, 6.07) is 14.8. The van der Waals surface area contributed by atoms with Gasteiger partial charge in [0.1, 0.15) is 41.7 Å². The summed E-state index contributed by atoms with van der Waals surface area (Å²) < 4.78 is 143. The maximum atomic E-state index is 13.3. The third-order valence-corrected chi connectivity index (χ3v) is 13.6. The van der Waals surface area contributed by atoms with Gasteiger partial charge in [-0.25, -0.2) is 33.7 Å². The first kappa shape index (κ1) is 41.7. The van der Waals surface area contributed by atoms with E-state index in [1.165, 1.54) is 36.4 Å². The Morgan fingerprint density at radius 1 is 0.807 bits per heavy atom. The number of ether oxygens (including phenoxy) is 1. The molecule has 0 aliphatic carbocycles. The molecule has 0 aromatic heterocycles. The third kappa shape index (κ3) is 9.14. The fraction of sp³-hybridized carbons (Fsp3) is 0.229. The van der Waals surface area contributed by atoms with Crippen LogP contribution in [0, 0.1) is 0 Å². The first-order chi connectivity index (χ1) is 26.6. The van der Waals surface area contributed by atoms with Crippen LogP contribution in [-0.4, -0.2) is 101 Å². The Morgan fingerprint density at radius 3 is 2.11 bits per heavy atom. The van der Waals surface area contributed by atoms with E-state index in [1.54, 1.807) is 6.07 Å². The largest absolute Gasteiger partial charge is 0.744 e. The third-order valence-electron chi connectivity index (χ3n) is 9.23. The van der Waals surface area contributed by atoms with Gasteiger partial charge in [-0.2, -0.15) is 0 Å². The first-order valence-electron chi connectivity index (χ1n) is 16.8. The van der Waals surface area contributed by atoms with Gasteiger partial charge in [0.25, 0.3) is 5.91 Å². The predicted octanol–water partition coefficient (Wildman–Crippen LogP) is 3.96. The van der Waals surface area contributed by atoms with Gasteiger partial charge in [-0.15, -0.1) is 10.2 Å². The van der Waals surface area contributed by atoms with Crippen molar-refractivity contribution in [3.05, 3.63) is 84.4 Å². The first-order valence-corrected chi connectivity index (χ1v) is 22.6. The molecule has 1 unspecified atom stereocenters. The van der Waals surface area contributed by atoms with Crippen molar-refractivity contribution in [1.82, 2.24) is 4.90 Å². The number of hydrogen-bond donors (Lipinski definition) is 2. The van der Waals surface area contributed by atoms with E-state index >= 15 is 0 Å². The van der Waals surface area contributed by atoms with Gasteiger partial charge in [0.15, 0.2) is 15.6 Å². The summed E-state index contributed by atoms with van der Waals surface area (Å²) in [7, 11) is -20.2. The molecule has 2 N–H and O–H groups in total. The van der Waals surface area contributed by atoms with E-state index in [4.69, 9.17) is 4.74 Å². The van der Waals surface area contributed by atoms with Crippen LogP contribution in [0.2, 0.25) is 0 Å².